The Bertz CT molecular complexity index is 347. The van der Waals surface area contributed by atoms with Gasteiger partial charge in [0.25, 0.3) is 0 Å². The van der Waals surface area contributed by atoms with Crippen LogP contribution in [0.4, 0.5) is 4.79 Å². The Balaban J connectivity index is 2.02. The summed E-state index contributed by atoms with van der Waals surface area (Å²) in [6.07, 6.45) is 4.81. The Morgan fingerprint density at radius 2 is 1.95 bits per heavy atom. The van der Waals surface area contributed by atoms with Crippen molar-refractivity contribution in [3.8, 4) is 0 Å². The van der Waals surface area contributed by atoms with Crippen LogP contribution < -0.4 is 0 Å². The molecule has 2 unspecified atom stereocenters. The third-order valence-electron chi connectivity index (χ3n) is 4.32. The Morgan fingerprint density at radius 3 is 2.57 bits per heavy atom. The Morgan fingerprint density at radius 1 is 1.29 bits per heavy atom. The predicted octanol–water partition coefficient (Wildman–Crippen LogP) is 2.56. The zero-order chi connectivity index (χ0) is 15.5. The number of morpholine rings is 1. The Kier molecular flexibility index (Phi) is 5.49. The van der Waals surface area contributed by atoms with E-state index in [0.29, 0.717) is 19.8 Å². The van der Waals surface area contributed by atoms with Crippen LogP contribution in [0.25, 0.3) is 0 Å². The fourth-order valence-corrected chi connectivity index (χ4v) is 3.24. The van der Waals surface area contributed by atoms with E-state index in [1.165, 1.54) is 19.3 Å². The highest BCUT2D eigenvalue weighted by atomic mass is 16.6. The van der Waals surface area contributed by atoms with Gasteiger partial charge in [-0.05, 0) is 39.5 Å². The maximum atomic E-state index is 12.3. The van der Waals surface area contributed by atoms with E-state index in [4.69, 9.17) is 9.47 Å². The quantitative estimate of drug-likeness (QED) is 0.851. The van der Waals surface area contributed by atoms with Gasteiger partial charge in [-0.2, -0.15) is 0 Å². The molecule has 0 bridgehead atoms. The fourth-order valence-electron chi connectivity index (χ4n) is 3.24. The molecule has 1 saturated carbocycles. The van der Waals surface area contributed by atoms with Crippen molar-refractivity contribution in [2.75, 3.05) is 19.8 Å². The van der Waals surface area contributed by atoms with E-state index in [2.05, 4.69) is 0 Å². The second kappa shape index (κ2) is 6.97. The van der Waals surface area contributed by atoms with Crippen molar-refractivity contribution in [1.82, 2.24) is 4.90 Å². The van der Waals surface area contributed by atoms with E-state index in [9.17, 15) is 9.90 Å². The first-order valence-electron chi connectivity index (χ1n) is 8.14. The molecule has 21 heavy (non-hydrogen) atoms. The molecule has 1 aliphatic carbocycles. The molecule has 1 aliphatic heterocycles. The molecule has 2 fully saturated rings. The normalized spacial score (nSPS) is 26.5. The standard InChI is InChI=1S/C16H29NO4/c1-16(2,3)21-15(19)17-9-10-20-11-13(17)14(18)12-7-5-4-6-8-12/h12-14,18H,4-11H2,1-3H3. The van der Waals surface area contributed by atoms with E-state index in [1.54, 1.807) is 4.90 Å². The zero-order valence-electron chi connectivity index (χ0n) is 13.5. The number of hydrogen-bond donors (Lipinski definition) is 1. The topological polar surface area (TPSA) is 59.0 Å². The van der Waals surface area contributed by atoms with Gasteiger partial charge in [-0.25, -0.2) is 4.79 Å². The smallest absolute Gasteiger partial charge is 0.410 e. The predicted molar refractivity (Wildman–Crippen MR) is 80.1 cm³/mol. The summed E-state index contributed by atoms with van der Waals surface area (Å²) in [4.78, 5) is 14.0. The number of ether oxygens (including phenoxy) is 2. The molecule has 122 valence electrons. The molecule has 1 N–H and O–H groups in total. The van der Waals surface area contributed by atoms with Gasteiger partial charge >= 0.3 is 6.09 Å². The Labute approximate surface area is 127 Å². The summed E-state index contributed by atoms with van der Waals surface area (Å²) in [6, 6.07) is -0.281. The highest BCUT2D eigenvalue weighted by Crippen LogP contribution is 2.30. The molecule has 5 nitrogen and oxygen atoms in total. The second-order valence-electron chi connectivity index (χ2n) is 7.20. The van der Waals surface area contributed by atoms with Gasteiger partial charge in [0.15, 0.2) is 0 Å². The lowest BCUT2D eigenvalue weighted by atomic mass is 9.82. The molecule has 2 atom stereocenters. The lowest BCUT2D eigenvalue weighted by molar-refractivity contribution is -0.0828. The van der Waals surface area contributed by atoms with Crippen LogP contribution >= 0.6 is 0 Å². The minimum atomic E-state index is -0.518. The molecular formula is C16H29NO4. The van der Waals surface area contributed by atoms with Crippen molar-refractivity contribution >= 4 is 6.09 Å². The van der Waals surface area contributed by atoms with Gasteiger partial charge in [0.1, 0.15) is 5.60 Å². The largest absolute Gasteiger partial charge is 0.444 e. The van der Waals surface area contributed by atoms with E-state index in [0.717, 1.165) is 12.8 Å². The first-order chi connectivity index (χ1) is 9.88. The van der Waals surface area contributed by atoms with E-state index in [1.807, 2.05) is 20.8 Å². The summed E-state index contributed by atoms with van der Waals surface area (Å²) < 4.78 is 11.0. The molecule has 0 aromatic rings. The number of carbonyl (C=O) groups excluding carboxylic acids is 1. The lowest BCUT2D eigenvalue weighted by Gasteiger charge is -2.41. The maximum Gasteiger partial charge on any atom is 0.410 e. The number of amides is 1. The van der Waals surface area contributed by atoms with Gasteiger partial charge in [-0.1, -0.05) is 19.3 Å². The summed E-state index contributed by atoms with van der Waals surface area (Å²) in [5.74, 6) is 0.274. The number of rotatable bonds is 2. The lowest BCUT2D eigenvalue weighted by Crippen LogP contribution is -2.57. The number of carbonyl (C=O) groups is 1. The molecule has 1 heterocycles. The van der Waals surface area contributed by atoms with Crippen molar-refractivity contribution in [2.45, 2.75) is 70.6 Å². The molecule has 0 spiro atoms. The van der Waals surface area contributed by atoms with Gasteiger partial charge < -0.3 is 14.6 Å². The molecule has 2 rings (SSSR count). The number of aliphatic hydroxyl groups is 1. The molecule has 0 aromatic carbocycles. The molecule has 2 aliphatic rings. The van der Waals surface area contributed by atoms with Crippen molar-refractivity contribution in [1.29, 1.82) is 0 Å². The van der Waals surface area contributed by atoms with Crippen molar-refractivity contribution < 1.29 is 19.4 Å². The number of nitrogens with zero attached hydrogens (tertiary/aromatic N) is 1. The second-order valence-corrected chi connectivity index (χ2v) is 7.20. The van der Waals surface area contributed by atoms with E-state index < -0.39 is 11.7 Å². The molecular weight excluding hydrogens is 270 g/mol. The van der Waals surface area contributed by atoms with Crippen LogP contribution in [0.3, 0.4) is 0 Å². The summed E-state index contributed by atoms with van der Waals surface area (Å²) in [7, 11) is 0. The third-order valence-corrected chi connectivity index (χ3v) is 4.32. The van der Waals surface area contributed by atoms with Crippen LogP contribution in [0.2, 0.25) is 0 Å². The minimum Gasteiger partial charge on any atom is -0.444 e. The van der Waals surface area contributed by atoms with Crippen LogP contribution in [0.1, 0.15) is 52.9 Å². The maximum absolute atomic E-state index is 12.3. The van der Waals surface area contributed by atoms with Gasteiger partial charge in [-0.15, -0.1) is 0 Å². The van der Waals surface area contributed by atoms with Gasteiger partial charge in [-0.3, -0.25) is 4.90 Å². The third kappa shape index (κ3) is 4.58. The van der Waals surface area contributed by atoms with Crippen molar-refractivity contribution in [3.05, 3.63) is 0 Å². The summed E-state index contributed by atoms with van der Waals surface area (Å²) in [6.45, 7) is 6.97. The van der Waals surface area contributed by atoms with Crippen LogP contribution in [0.5, 0.6) is 0 Å². The highest BCUT2D eigenvalue weighted by Gasteiger charge is 2.38. The monoisotopic (exact) mass is 299 g/mol. The van der Waals surface area contributed by atoms with Crippen LogP contribution in [0.15, 0.2) is 0 Å². The molecule has 0 aromatic heterocycles. The zero-order valence-corrected chi connectivity index (χ0v) is 13.5. The van der Waals surface area contributed by atoms with Crippen molar-refractivity contribution in [3.63, 3.8) is 0 Å². The SMILES string of the molecule is CC(C)(C)OC(=O)N1CCOCC1C(O)C1CCCCC1. The summed E-state index contributed by atoms with van der Waals surface area (Å²) >= 11 is 0. The average molecular weight is 299 g/mol. The van der Waals surface area contributed by atoms with Gasteiger partial charge in [0.05, 0.1) is 25.4 Å². The first-order valence-corrected chi connectivity index (χ1v) is 8.14. The van der Waals surface area contributed by atoms with Gasteiger partial charge in [0.2, 0.25) is 0 Å². The van der Waals surface area contributed by atoms with Crippen LogP contribution in [-0.2, 0) is 9.47 Å². The molecule has 5 heteroatoms. The summed E-state index contributed by atoms with van der Waals surface area (Å²) in [5, 5.41) is 10.7. The molecule has 1 amide bonds. The average Bonchev–Trinajstić information content (AvgIpc) is 2.45. The molecule has 1 saturated heterocycles. The number of hydrogen-bond acceptors (Lipinski definition) is 4. The van der Waals surface area contributed by atoms with Crippen LogP contribution in [-0.4, -0.2) is 53.6 Å². The van der Waals surface area contributed by atoms with E-state index in [-0.39, 0.29) is 18.1 Å². The minimum absolute atomic E-state index is 0.274. The first kappa shape index (κ1) is 16.6. The van der Waals surface area contributed by atoms with Crippen molar-refractivity contribution in [2.24, 2.45) is 5.92 Å². The Hall–Kier alpha value is -0.810. The summed E-state index contributed by atoms with van der Waals surface area (Å²) in [5.41, 5.74) is -0.518. The van der Waals surface area contributed by atoms with E-state index >= 15 is 0 Å². The van der Waals surface area contributed by atoms with Crippen LogP contribution in [0, 0.1) is 5.92 Å². The fraction of sp³-hybridized carbons (Fsp3) is 0.938. The van der Waals surface area contributed by atoms with Gasteiger partial charge in [0, 0.05) is 6.54 Å². The highest BCUT2D eigenvalue weighted by molar-refractivity contribution is 5.68. The number of aliphatic hydroxyl groups excluding tert-OH is 1. The molecule has 0 radical (unpaired) electrons.